The van der Waals surface area contributed by atoms with E-state index in [9.17, 15) is 14.4 Å². The number of esters is 3. The van der Waals surface area contributed by atoms with Gasteiger partial charge >= 0.3 is 17.9 Å². The van der Waals surface area contributed by atoms with E-state index in [0.29, 0.717) is 19.3 Å². The first kappa shape index (κ1) is 64.1. The number of carbonyl (C=O) groups excluding carboxylic acids is 3. The number of ether oxygens (including phenoxy) is 3. The quantitative estimate of drug-likeness (QED) is 0.0262. The topological polar surface area (TPSA) is 78.9 Å². The smallest absolute Gasteiger partial charge is 0.306 e. The van der Waals surface area contributed by atoms with Gasteiger partial charge in [-0.25, -0.2) is 0 Å². The van der Waals surface area contributed by atoms with Gasteiger partial charge in [0.2, 0.25) is 0 Å². The van der Waals surface area contributed by atoms with Crippen molar-refractivity contribution in [1.82, 2.24) is 0 Å². The summed E-state index contributed by atoms with van der Waals surface area (Å²) < 4.78 is 16.8. The number of carbonyl (C=O) groups is 3. The molecule has 1 unspecified atom stereocenters. The lowest BCUT2D eigenvalue weighted by molar-refractivity contribution is -0.167. The van der Waals surface area contributed by atoms with Gasteiger partial charge in [0.05, 0.1) is 0 Å². The third-order valence-electron chi connectivity index (χ3n) is 12.5. The van der Waals surface area contributed by atoms with Crippen molar-refractivity contribution in [3.8, 4) is 0 Å². The molecule has 6 heteroatoms. The minimum atomic E-state index is -0.782. The fourth-order valence-corrected chi connectivity index (χ4v) is 8.09. The van der Waals surface area contributed by atoms with E-state index >= 15 is 0 Å². The summed E-state index contributed by atoms with van der Waals surface area (Å²) in [7, 11) is 0. The van der Waals surface area contributed by atoms with Gasteiger partial charge in [-0.2, -0.15) is 0 Å². The highest BCUT2D eigenvalue weighted by molar-refractivity contribution is 5.71. The number of hydrogen-bond acceptors (Lipinski definition) is 6. The van der Waals surface area contributed by atoms with Crippen LogP contribution in [-0.4, -0.2) is 37.2 Å². The van der Waals surface area contributed by atoms with Gasteiger partial charge in [0.25, 0.3) is 0 Å². The van der Waals surface area contributed by atoms with Crippen molar-refractivity contribution in [1.29, 1.82) is 0 Å². The average Bonchev–Trinajstić information content (AvgIpc) is 3.33. The molecule has 0 amide bonds. The van der Waals surface area contributed by atoms with E-state index in [2.05, 4.69) is 81.5 Å². The summed E-state index contributed by atoms with van der Waals surface area (Å²) in [6.45, 7) is 6.58. The molecule has 0 N–H and O–H groups in total. The lowest BCUT2D eigenvalue weighted by Crippen LogP contribution is -2.30. The van der Waals surface area contributed by atoms with Gasteiger partial charge in [0.15, 0.2) is 6.10 Å². The van der Waals surface area contributed by atoms with E-state index in [1.807, 2.05) is 0 Å². The van der Waals surface area contributed by atoms with Crippen LogP contribution in [0.2, 0.25) is 0 Å². The zero-order valence-electron chi connectivity index (χ0n) is 44.4. The molecular formula is C61H108O6. The Hall–Kier alpha value is -2.89. The molecule has 0 bridgehead atoms. The lowest BCUT2D eigenvalue weighted by atomic mass is 10.1. The molecule has 388 valence electrons. The Balaban J connectivity index is 4.25. The minimum Gasteiger partial charge on any atom is -0.462 e. The molecule has 67 heavy (non-hydrogen) atoms. The van der Waals surface area contributed by atoms with E-state index in [1.165, 1.54) is 161 Å². The summed E-state index contributed by atoms with van der Waals surface area (Å²) in [4.78, 5) is 38.0. The molecule has 0 heterocycles. The van der Waals surface area contributed by atoms with Crippen molar-refractivity contribution in [2.75, 3.05) is 13.2 Å². The van der Waals surface area contributed by atoms with Crippen molar-refractivity contribution < 1.29 is 28.6 Å². The van der Waals surface area contributed by atoms with Crippen molar-refractivity contribution >= 4 is 17.9 Å². The van der Waals surface area contributed by atoms with Crippen LogP contribution in [0.15, 0.2) is 60.8 Å². The summed E-state index contributed by atoms with van der Waals surface area (Å²) in [5.74, 6) is -0.896. The molecule has 0 saturated heterocycles. The largest absolute Gasteiger partial charge is 0.462 e. The van der Waals surface area contributed by atoms with Crippen LogP contribution in [-0.2, 0) is 28.6 Å². The first-order valence-electron chi connectivity index (χ1n) is 28.8. The van der Waals surface area contributed by atoms with Gasteiger partial charge in [0, 0.05) is 19.3 Å². The average molecular weight is 938 g/mol. The molecule has 0 rings (SSSR count). The summed E-state index contributed by atoms with van der Waals surface area (Å²) in [6.07, 6.45) is 69.3. The molecule has 0 aromatic rings. The summed E-state index contributed by atoms with van der Waals surface area (Å²) in [5, 5.41) is 0. The van der Waals surface area contributed by atoms with E-state index < -0.39 is 6.10 Å². The molecule has 1 atom stereocenters. The van der Waals surface area contributed by atoms with Gasteiger partial charge < -0.3 is 14.2 Å². The fourth-order valence-electron chi connectivity index (χ4n) is 8.09. The third kappa shape index (κ3) is 53.9. The standard InChI is InChI=1S/C61H108O6/c1-4-7-10-13-16-19-22-25-26-27-28-29-30-31-32-33-34-35-36-37-40-42-45-48-51-54-60(63)66-57-58(67-61(64)55-52-49-46-43-39-24-21-18-15-12-9-6-3)56-65-59(62)53-50-47-44-41-38-23-20-17-14-11-8-5-2/h17-18,20-22,25,27-28,30-31,58H,4-16,19,23-24,26,29,32-57H2,1-3H3/b20-17-,21-18-,25-22-,28-27-,31-30-. The van der Waals surface area contributed by atoms with Gasteiger partial charge in [-0.1, -0.05) is 223 Å². The summed E-state index contributed by atoms with van der Waals surface area (Å²) in [6, 6.07) is 0. The molecule has 0 aromatic carbocycles. The normalized spacial score (nSPS) is 12.5. The van der Waals surface area contributed by atoms with Crippen LogP contribution in [0.3, 0.4) is 0 Å². The van der Waals surface area contributed by atoms with Crippen LogP contribution in [0.4, 0.5) is 0 Å². The van der Waals surface area contributed by atoms with Crippen molar-refractivity contribution in [2.24, 2.45) is 0 Å². The van der Waals surface area contributed by atoms with Crippen LogP contribution < -0.4 is 0 Å². The van der Waals surface area contributed by atoms with Gasteiger partial charge in [0.1, 0.15) is 13.2 Å². The fraction of sp³-hybridized carbons (Fsp3) is 0.787. The highest BCUT2D eigenvalue weighted by Crippen LogP contribution is 2.15. The predicted octanol–water partition coefficient (Wildman–Crippen LogP) is 19.2. The van der Waals surface area contributed by atoms with Gasteiger partial charge in [-0.3, -0.25) is 14.4 Å². The molecule has 0 spiro atoms. The number of hydrogen-bond donors (Lipinski definition) is 0. The molecule has 0 aliphatic heterocycles. The van der Waals surface area contributed by atoms with E-state index in [-0.39, 0.29) is 31.1 Å². The zero-order chi connectivity index (χ0) is 48.6. The zero-order valence-corrected chi connectivity index (χ0v) is 44.4. The number of rotatable bonds is 52. The molecule has 0 radical (unpaired) electrons. The Kier molecular flexibility index (Phi) is 53.3. The summed E-state index contributed by atoms with van der Waals surface area (Å²) in [5.41, 5.74) is 0. The maximum absolute atomic E-state index is 12.8. The van der Waals surface area contributed by atoms with E-state index in [0.717, 1.165) is 89.9 Å². The Morgan fingerprint density at radius 3 is 0.881 bits per heavy atom. The lowest BCUT2D eigenvalue weighted by Gasteiger charge is -2.18. The second kappa shape index (κ2) is 55.7. The van der Waals surface area contributed by atoms with Gasteiger partial charge in [-0.05, 0) is 109 Å². The molecule has 0 aliphatic rings. The number of unbranched alkanes of at least 4 members (excludes halogenated alkanes) is 31. The van der Waals surface area contributed by atoms with E-state index in [1.54, 1.807) is 0 Å². The Morgan fingerprint density at radius 2 is 0.537 bits per heavy atom. The van der Waals surface area contributed by atoms with Gasteiger partial charge in [-0.15, -0.1) is 0 Å². The highest BCUT2D eigenvalue weighted by Gasteiger charge is 2.19. The maximum atomic E-state index is 12.8. The predicted molar refractivity (Wildman–Crippen MR) is 288 cm³/mol. The first-order valence-corrected chi connectivity index (χ1v) is 28.8. The van der Waals surface area contributed by atoms with Crippen LogP contribution in [0.25, 0.3) is 0 Å². The molecule has 0 aromatic heterocycles. The number of allylic oxidation sites excluding steroid dienone is 10. The molecule has 0 aliphatic carbocycles. The maximum Gasteiger partial charge on any atom is 0.306 e. The Labute approximate surface area is 415 Å². The molecule has 0 fully saturated rings. The third-order valence-corrected chi connectivity index (χ3v) is 12.5. The van der Waals surface area contributed by atoms with Crippen molar-refractivity contribution in [3.05, 3.63) is 60.8 Å². The highest BCUT2D eigenvalue weighted by atomic mass is 16.6. The Morgan fingerprint density at radius 1 is 0.299 bits per heavy atom. The van der Waals surface area contributed by atoms with Crippen LogP contribution in [0, 0.1) is 0 Å². The van der Waals surface area contributed by atoms with Crippen LogP contribution in [0.1, 0.15) is 290 Å². The SMILES string of the molecule is CCCCC/C=C\CCCCCCCC(=O)OCC(COC(=O)CCCCCCCCCCCC/C=C\C/C=C\C/C=C\CCCCCCC)OC(=O)CCCCCCC/C=C\CCCCC. The second-order valence-corrected chi connectivity index (χ2v) is 19.2. The summed E-state index contributed by atoms with van der Waals surface area (Å²) >= 11 is 0. The van der Waals surface area contributed by atoms with Crippen molar-refractivity contribution in [2.45, 2.75) is 297 Å². The Bertz CT molecular complexity index is 1210. The first-order chi connectivity index (χ1) is 33.0. The van der Waals surface area contributed by atoms with Crippen LogP contribution >= 0.6 is 0 Å². The van der Waals surface area contributed by atoms with E-state index in [4.69, 9.17) is 14.2 Å². The monoisotopic (exact) mass is 937 g/mol. The molecular weight excluding hydrogens is 829 g/mol. The second-order valence-electron chi connectivity index (χ2n) is 19.2. The molecule has 6 nitrogen and oxygen atoms in total. The van der Waals surface area contributed by atoms with Crippen LogP contribution in [0.5, 0.6) is 0 Å². The van der Waals surface area contributed by atoms with Crippen molar-refractivity contribution in [3.63, 3.8) is 0 Å². The minimum absolute atomic E-state index is 0.0814. The molecule has 0 saturated carbocycles.